The first kappa shape index (κ1) is 15.0. The van der Waals surface area contributed by atoms with Gasteiger partial charge in [-0.1, -0.05) is 6.92 Å². The lowest BCUT2D eigenvalue weighted by Gasteiger charge is -2.07. The quantitative estimate of drug-likeness (QED) is 0.844. The number of carbonyl (C=O) groups is 1. The summed E-state index contributed by atoms with van der Waals surface area (Å²) in [5, 5.41) is 0.338. The molecule has 0 aromatic carbocycles. The van der Waals surface area contributed by atoms with Crippen molar-refractivity contribution >= 4 is 32.3 Å². The summed E-state index contributed by atoms with van der Waals surface area (Å²) in [5.41, 5.74) is 1.18. The Hall–Kier alpha value is -1.08. The van der Waals surface area contributed by atoms with Gasteiger partial charge in [-0.25, -0.2) is 13.2 Å². The number of thiophene rings is 1. The first-order valence-corrected chi connectivity index (χ1v) is 8.28. The van der Waals surface area contributed by atoms with Crippen molar-refractivity contribution in [2.45, 2.75) is 27.2 Å². The van der Waals surface area contributed by atoms with Gasteiger partial charge in [0.25, 0.3) is 0 Å². The van der Waals surface area contributed by atoms with Crippen molar-refractivity contribution in [1.82, 2.24) is 0 Å². The highest BCUT2D eigenvalue weighted by Crippen LogP contribution is 2.34. The molecule has 7 heteroatoms. The molecule has 0 bridgehead atoms. The van der Waals surface area contributed by atoms with Crippen LogP contribution in [0.4, 0.5) is 5.00 Å². The van der Waals surface area contributed by atoms with Crippen molar-refractivity contribution in [3.8, 4) is 0 Å². The first-order chi connectivity index (χ1) is 8.30. The highest BCUT2D eigenvalue weighted by molar-refractivity contribution is 7.92. The normalized spacial score (nSPS) is 11.3. The molecule has 0 aliphatic heterocycles. The van der Waals surface area contributed by atoms with Gasteiger partial charge in [0.05, 0.1) is 18.4 Å². The Kier molecular flexibility index (Phi) is 4.75. The molecule has 1 heterocycles. The highest BCUT2D eigenvalue weighted by atomic mass is 32.2. The van der Waals surface area contributed by atoms with Crippen LogP contribution in [0.5, 0.6) is 0 Å². The highest BCUT2D eigenvalue weighted by Gasteiger charge is 2.23. The van der Waals surface area contributed by atoms with E-state index in [4.69, 9.17) is 4.74 Å². The van der Waals surface area contributed by atoms with Crippen molar-refractivity contribution in [3.05, 3.63) is 16.0 Å². The molecule has 18 heavy (non-hydrogen) atoms. The van der Waals surface area contributed by atoms with Crippen LogP contribution >= 0.6 is 11.3 Å². The van der Waals surface area contributed by atoms with Crippen LogP contribution in [0.2, 0.25) is 0 Å². The summed E-state index contributed by atoms with van der Waals surface area (Å²) in [6.07, 6.45) is 1.71. The summed E-state index contributed by atoms with van der Waals surface area (Å²) in [6.45, 7) is 5.75. The molecule has 0 aliphatic rings. The number of hydrogen-bond acceptors (Lipinski definition) is 5. The molecule has 0 atom stereocenters. The lowest BCUT2D eigenvalue weighted by atomic mass is 10.1. The Labute approximate surface area is 111 Å². The van der Waals surface area contributed by atoms with Gasteiger partial charge in [-0.05, 0) is 25.8 Å². The second-order valence-corrected chi connectivity index (χ2v) is 6.76. The van der Waals surface area contributed by atoms with Crippen LogP contribution in [0.1, 0.15) is 34.6 Å². The fourth-order valence-electron chi connectivity index (χ4n) is 1.66. The van der Waals surface area contributed by atoms with E-state index in [0.717, 1.165) is 16.7 Å². The van der Waals surface area contributed by atoms with Gasteiger partial charge in [0.15, 0.2) is 0 Å². The van der Waals surface area contributed by atoms with E-state index in [9.17, 15) is 13.2 Å². The molecule has 0 fully saturated rings. The van der Waals surface area contributed by atoms with E-state index in [2.05, 4.69) is 4.72 Å². The number of carbonyl (C=O) groups excluding carboxylic acids is 1. The van der Waals surface area contributed by atoms with Crippen molar-refractivity contribution < 1.29 is 17.9 Å². The molecule has 0 saturated carbocycles. The molecule has 1 N–H and O–H groups in total. The van der Waals surface area contributed by atoms with Crippen molar-refractivity contribution in [1.29, 1.82) is 0 Å². The fraction of sp³-hybridized carbons (Fsp3) is 0.545. The summed E-state index contributed by atoms with van der Waals surface area (Å²) >= 11 is 1.26. The van der Waals surface area contributed by atoms with E-state index in [-0.39, 0.29) is 6.61 Å². The number of rotatable bonds is 5. The minimum Gasteiger partial charge on any atom is -0.462 e. The number of anilines is 1. The Bertz CT molecular complexity index is 546. The third-order valence-corrected chi connectivity index (χ3v) is 4.09. The lowest BCUT2D eigenvalue weighted by molar-refractivity contribution is 0.0527. The molecule has 0 spiro atoms. The average Bonchev–Trinajstić information content (AvgIpc) is 2.51. The van der Waals surface area contributed by atoms with Gasteiger partial charge in [-0.2, -0.15) is 0 Å². The minimum atomic E-state index is -3.41. The molecule has 1 rings (SSSR count). The number of aryl methyl sites for hydroxylation is 1. The van der Waals surface area contributed by atoms with Crippen molar-refractivity contribution in [3.63, 3.8) is 0 Å². The molecule has 0 radical (unpaired) electrons. The number of ether oxygens (including phenoxy) is 1. The smallest absolute Gasteiger partial charge is 0.341 e. The summed E-state index contributed by atoms with van der Waals surface area (Å²) < 4.78 is 29.9. The number of sulfonamides is 1. The van der Waals surface area contributed by atoms with Gasteiger partial charge in [-0.15, -0.1) is 11.3 Å². The molecule has 0 amide bonds. The van der Waals surface area contributed by atoms with Crippen LogP contribution in [-0.2, 0) is 21.2 Å². The van der Waals surface area contributed by atoms with E-state index in [1.807, 2.05) is 13.8 Å². The van der Waals surface area contributed by atoms with E-state index in [1.165, 1.54) is 11.3 Å². The molecule has 0 saturated heterocycles. The lowest BCUT2D eigenvalue weighted by Crippen LogP contribution is -2.14. The van der Waals surface area contributed by atoms with Crippen LogP contribution in [0.15, 0.2) is 0 Å². The van der Waals surface area contributed by atoms with Gasteiger partial charge >= 0.3 is 5.97 Å². The Morgan fingerprint density at radius 1 is 1.39 bits per heavy atom. The largest absolute Gasteiger partial charge is 0.462 e. The molecule has 0 aliphatic carbocycles. The van der Waals surface area contributed by atoms with Gasteiger partial charge in [0.2, 0.25) is 10.0 Å². The minimum absolute atomic E-state index is 0.259. The summed E-state index contributed by atoms with van der Waals surface area (Å²) in [4.78, 5) is 12.8. The zero-order valence-electron chi connectivity index (χ0n) is 10.9. The molecule has 102 valence electrons. The standard InChI is InChI=1S/C11H17NO4S2/c1-5-8-7(3)17-10(12-18(4,14)15)9(8)11(13)16-6-2/h12H,5-6H2,1-4H3. The van der Waals surface area contributed by atoms with Gasteiger partial charge in [0.1, 0.15) is 5.00 Å². The molecule has 0 unspecified atom stereocenters. The third-order valence-electron chi connectivity index (χ3n) is 2.32. The zero-order valence-corrected chi connectivity index (χ0v) is 12.5. The monoisotopic (exact) mass is 291 g/mol. The van der Waals surface area contributed by atoms with Gasteiger partial charge in [-0.3, -0.25) is 4.72 Å². The van der Waals surface area contributed by atoms with Crippen LogP contribution in [0, 0.1) is 6.92 Å². The predicted molar refractivity (Wildman–Crippen MR) is 72.9 cm³/mol. The van der Waals surface area contributed by atoms with E-state index >= 15 is 0 Å². The maximum atomic E-state index is 11.9. The molecular weight excluding hydrogens is 274 g/mol. The third kappa shape index (κ3) is 3.46. The second kappa shape index (κ2) is 5.71. The summed E-state index contributed by atoms with van der Waals surface area (Å²) in [6, 6.07) is 0. The Balaban J connectivity index is 3.29. The predicted octanol–water partition coefficient (Wildman–Crippen LogP) is 2.17. The molecular formula is C11H17NO4S2. The summed E-state index contributed by atoms with van der Waals surface area (Å²) in [7, 11) is -3.41. The number of nitrogens with one attached hydrogen (secondary N) is 1. The maximum Gasteiger partial charge on any atom is 0.341 e. The maximum absolute atomic E-state index is 11.9. The molecule has 1 aromatic rings. The second-order valence-electron chi connectivity index (χ2n) is 3.79. The van der Waals surface area contributed by atoms with Crippen molar-refractivity contribution in [2.24, 2.45) is 0 Å². The SMILES string of the molecule is CCOC(=O)c1c(NS(C)(=O)=O)sc(C)c1CC. The van der Waals surface area contributed by atoms with Crippen LogP contribution in [0.25, 0.3) is 0 Å². The van der Waals surface area contributed by atoms with Crippen LogP contribution < -0.4 is 4.72 Å². The van der Waals surface area contributed by atoms with Crippen LogP contribution in [-0.4, -0.2) is 27.2 Å². The Morgan fingerprint density at radius 3 is 2.44 bits per heavy atom. The number of esters is 1. The van der Waals surface area contributed by atoms with E-state index < -0.39 is 16.0 Å². The fourth-order valence-corrected chi connectivity index (χ4v) is 3.71. The van der Waals surface area contributed by atoms with Crippen LogP contribution in [0.3, 0.4) is 0 Å². The van der Waals surface area contributed by atoms with Crippen molar-refractivity contribution in [2.75, 3.05) is 17.6 Å². The topological polar surface area (TPSA) is 72.5 Å². The first-order valence-electron chi connectivity index (χ1n) is 5.57. The molecule has 5 nitrogen and oxygen atoms in total. The van der Waals surface area contributed by atoms with E-state index in [0.29, 0.717) is 17.0 Å². The number of hydrogen-bond donors (Lipinski definition) is 1. The molecule has 1 aromatic heterocycles. The van der Waals surface area contributed by atoms with Gasteiger partial charge < -0.3 is 4.74 Å². The Morgan fingerprint density at radius 2 is 2.00 bits per heavy atom. The van der Waals surface area contributed by atoms with E-state index in [1.54, 1.807) is 6.92 Å². The summed E-state index contributed by atoms with van der Waals surface area (Å²) in [5.74, 6) is -0.482. The average molecular weight is 291 g/mol. The van der Waals surface area contributed by atoms with Gasteiger partial charge in [0, 0.05) is 4.88 Å². The zero-order chi connectivity index (χ0) is 13.9.